The quantitative estimate of drug-likeness (QED) is 0.0508. The number of hydroxylamine groups is 1. The molecular formula is C19H19N7O8S4. The molecule has 0 atom stereocenters. The lowest BCUT2D eigenvalue weighted by atomic mass is 10.3. The number of anilines is 1. The summed E-state index contributed by atoms with van der Waals surface area (Å²) in [5.41, 5.74) is 9.19. The van der Waals surface area contributed by atoms with Crippen LogP contribution in [0.25, 0.3) is 15.9 Å². The lowest BCUT2D eigenvalue weighted by Gasteiger charge is -2.10. The standard InChI is InChI=1S/C19H19N7O8S4/c1-3-21-33-34-36-11-4-6-13-15(8-11)35-19(22-13)24-23-17-10(2)25-26(18(17)20)14-9-12(37(27,28)29)5-7-16(14)38(30,31)32/h4-9,21H,3,20H2,1-2H3,(H,27,28,29)(H,30,31,32)/b24-23+. The van der Waals surface area contributed by atoms with Gasteiger partial charge in [0.15, 0.2) is 11.5 Å². The van der Waals surface area contributed by atoms with Gasteiger partial charge in [0, 0.05) is 11.4 Å². The van der Waals surface area contributed by atoms with E-state index in [-0.39, 0.29) is 22.3 Å². The van der Waals surface area contributed by atoms with Crippen molar-refractivity contribution in [1.29, 1.82) is 0 Å². The van der Waals surface area contributed by atoms with Crippen molar-refractivity contribution >= 4 is 70.5 Å². The first-order valence-corrected chi connectivity index (χ1v) is 14.8. The Morgan fingerprint density at radius 2 is 1.89 bits per heavy atom. The zero-order valence-electron chi connectivity index (χ0n) is 19.5. The monoisotopic (exact) mass is 601 g/mol. The average Bonchev–Trinajstić information content (AvgIpc) is 3.38. The molecule has 5 N–H and O–H groups in total. The van der Waals surface area contributed by atoms with Gasteiger partial charge in [0.05, 0.1) is 38.5 Å². The van der Waals surface area contributed by atoms with Crippen LogP contribution in [-0.2, 0) is 29.6 Å². The van der Waals surface area contributed by atoms with E-state index in [2.05, 4.69) is 25.8 Å². The molecule has 4 aromatic rings. The van der Waals surface area contributed by atoms with Crippen LogP contribution in [0.3, 0.4) is 0 Å². The molecule has 0 spiro atoms. The van der Waals surface area contributed by atoms with Crippen molar-refractivity contribution in [3.8, 4) is 5.69 Å². The topological polar surface area (TPSA) is 221 Å². The van der Waals surface area contributed by atoms with Crippen molar-refractivity contribution in [2.75, 3.05) is 12.3 Å². The first kappa shape index (κ1) is 28.0. The molecule has 0 aliphatic rings. The number of hydrogen-bond acceptors (Lipinski definition) is 14. The van der Waals surface area contributed by atoms with Crippen molar-refractivity contribution in [3.63, 3.8) is 0 Å². The van der Waals surface area contributed by atoms with Crippen LogP contribution in [-0.4, -0.2) is 47.3 Å². The van der Waals surface area contributed by atoms with Gasteiger partial charge in [0.2, 0.25) is 5.13 Å². The number of nitrogen functional groups attached to an aromatic ring is 1. The summed E-state index contributed by atoms with van der Waals surface area (Å²) < 4.78 is 72.6. The van der Waals surface area contributed by atoms with Gasteiger partial charge in [0.1, 0.15) is 4.90 Å². The van der Waals surface area contributed by atoms with Crippen LogP contribution in [0.4, 0.5) is 16.6 Å². The van der Waals surface area contributed by atoms with Crippen molar-refractivity contribution in [2.45, 2.75) is 28.5 Å². The zero-order chi connectivity index (χ0) is 27.7. The number of benzene rings is 2. The molecule has 0 saturated carbocycles. The van der Waals surface area contributed by atoms with E-state index < -0.39 is 35.7 Å². The van der Waals surface area contributed by atoms with Gasteiger partial charge in [-0.05, 0) is 43.3 Å². The molecule has 2 aromatic heterocycles. The summed E-state index contributed by atoms with van der Waals surface area (Å²) in [7, 11) is -9.53. The summed E-state index contributed by atoms with van der Waals surface area (Å²) >= 11 is 2.23. The molecule has 15 nitrogen and oxygen atoms in total. The molecule has 38 heavy (non-hydrogen) atoms. The van der Waals surface area contributed by atoms with Crippen LogP contribution in [0.15, 0.2) is 61.3 Å². The van der Waals surface area contributed by atoms with E-state index in [1.807, 2.05) is 13.0 Å². The Bertz CT molecular complexity index is 1750. The largest absolute Gasteiger partial charge is 0.382 e. The number of aromatic nitrogens is 3. The van der Waals surface area contributed by atoms with E-state index >= 15 is 0 Å². The third-order valence-corrected chi connectivity index (χ3v) is 7.99. The van der Waals surface area contributed by atoms with Gasteiger partial charge in [-0.2, -0.15) is 27.4 Å². The van der Waals surface area contributed by atoms with E-state index in [0.29, 0.717) is 12.1 Å². The first-order chi connectivity index (χ1) is 17.9. The van der Waals surface area contributed by atoms with Crippen LogP contribution in [0.5, 0.6) is 0 Å². The Balaban J connectivity index is 1.67. The number of thiazole rings is 1. The molecular weight excluding hydrogens is 583 g/mol. The van der Waals surface area contributed by atoms with Gasteiger partial charge >= 0.3 is 0 Å². The third-order valence-electron chi connectivity index (χ3n) is 4.75. The minimum Gasteiger partial charge on any atom is -0.382 e. The molecule has 4 rings (SSSR count). The van der Waals surface area contributed by atoms with Crippen molar-refractivity contribution in [2.24, 2.45) is 10.2 Å². The van der Waals surface area contributed by atoms with Crippen molar-refractivity contribution in [3.05, 3.63) is 42.1 Å². The number of aryl methyl sites for hydroxylation is 1. The molecule has 0 bridgehead atoms. The molecule has 0 amide bonds. The molecule has 0 radical (unpaired) electrons. The lowest BCUT2D eigenvalue weighted by Crippen LogP contribution is -2.11. The van der Waals surface area contributed by atoms with Crippen LogP contribution in [0.2, 0.25) is 0 Å². The molecule has 0 unspecified atom stereocenters. The molecule has 0 saturated heterocycles. The number of azo groups is 1. The summed E-state index contributed by atoms with van der Waals surface area (Å²) in [5, 5.41) is 12.6. The first-order valence-electron chi connectivity index (χ1n) is 10.4. The maximum absolute atomic E-state index is 11.9. The average molecular weight is 602 g/mol. The highest BCUT2D eigenvalue weighted by Gasteiger charge is 2.24. The maximum atomic E-state index is 11.9. The summed E-state index contributed by atoms with van der Waals surface area (Å²) in [6.45, 7) is 3.94. The Morgan fingerprint density at radius 1 is 1.13 bits per heavy atom. The highest BCUT2D eigenvalue weighted by atomic mass is 32.2. The molecule has 2 aromatic carbocycles. The van der Waals surface area contributed by atoms with Gasteiger partial charge in [0.25, 0.3) is 20.2 Å². The second kappa shape index (κ2) is 11.0. The predicted octanol–water partition coefficient (Wildman–Crippen LogP) is 3.76. The van der Waals surface area contributed by atoms with Gasteiger partial charge in [-0.25, -0.2) is 9.67 Å². The number of rotatable bonds is 10. The van der Waals surface area contributed by atoms with Crippen LogP contribution in [0, 0.1) is 6.92 Å². The van der Waals surface area contributed by atoms with Gasteiger partial charge < -0.3 is 5.73 Å². The fourth-order valence-electron chi connectivity index (χ4n) is 3.10. The van der Waals surface area contributed by atoms with Gasteiger partial charge in [-0.1, -0.05) is 18.3 Å². The third kappa shape index (κ3) is 6.17. The summed E-state index contributed by atoms with van der Waals surface area (Å²) in [4.78, 5) is 8.56. The second-order valence-corrected chi connectivity index (χ2v) is 12.0. The molecule has 0 aliphatic carbocycles. The predicted molar refractivity (Wildman–Crippen MR) is 138 cm³/mol. The SMILES string of the molecule is CCNOOSc1ccc2nc(/N=N/c3c(C)nn(-c4cc(S(=O)(=O)O)ccc4S(=O)(=O)O)c3N)sc2c1. The Hall–Kier alpha value is -3.01. The Labute approximate surface area is 224 Å². The zero-order valence-corrected chi connectivity index (χ0v) is 22.7. The Morgan fingerprint density at radius 3 is 2.58 bits per heavy atom. The molecule has 19 heteroatoms. The number of hydrogen-bond donors (Lipinski definition) is 4. The summed E-state index contributed by atoms with van der Waals surface area (Å²) in [6.07, 6.45) is 0. The molecule has 0 aliphatic heterocycles. The smallest absolute Gasteiger partial charge is 0.296 e. The highest BCUT2D eigenvalue weighted by molar-refractivity contribution is 7.94. The van der Waals surface area contributed by atoms with Crippen molar-refractivity contribution in [1.82, 2.24) is 20.2 Å². The number of fused-ring (bicyclic) bond motifs is 1. The van der Waals surface area contributed by atoms with Gasteiger partial charge in [-0.3, -0.25) is 9.11 Å². The normalized spacial score (nSPS) is 12.6. The number of nitrogens with two attached hydrogens (primary N) is 1. The van der Waals surface area contributed by atoms with E-state index in [1.165, 1.54) is 18.3 Å². The Kier molecular flexibility index (Phi) is 8.11. The molecule has 2 heterocycles. The summed E-state index contributed by atoms with van der Waals surface area (Å²) in [6, 6.07) is 7.79. The molecule has 0 fully saturated rings. The highest BCUT2D eigenvalue weighted by Crippen LogP contribution is 2.36. The van der Waals surface area contributed by atoms with E-state index in [9.17, 15) is 25.9 Å². The second-order valence-electron chi connectivity index (χ2n) is 7.37. The fraction of sp³-hybridized carbons (Fsp3) is 0.158. The van der Waals surface area contributed by atoms with E-state index in [1.54, 1.807) is 12.1 Å². The van der Waals surface area contributed by atoms with Crippen molar-refractivity contribution < 1.29 is 35.3 Å². The van der Waals surface area contributed by atoms with Crippen LogP contribution in [0.1, 0.15) is 12.6 Å². The fourth-order valence-corrected chi connectivity index (χ4v) is 5.61. The minimum absolute atomic E-state index is 0.0491. The van der Waals surface area contributed by atoms with Gasteiger partial charge in [-0.15, -0.1) is 19.6 Å². The number of nitrogens with one attached hydrogen (secondary N) is 1. The number of nitrogens with zero attached hydrogens (tertiary/aromatic N) is 5. The minimum atomic E-state index is -4.82. The van der Waals surface area contributed by atoms with Crippen LogP contribution < -0.4 is 11.2 Å². The summed E-state index contributed by atoms with van der Waals surface area (Å²) in [5.74, 6) is -0.207. The molecule has 202 valence electrons. The van der Waals surface area contributed by atoms with Crippen LogP contribution >= 0.6 is 23.4 Å². The maximum Gasteiger partial charge on any atom is 0.296 e. The van der Waals surface area contributed by atoms with E-state index in [0.717, 1.165) is 44.5 Å². The van der Waals surface area contributed by atoms with E-state index in [4.69, 9.17) is 15.1 Å². The lowest BCUT2D eigenvalue weighted by molar-refractivity contribution is -0.243.